The second kappa shape index (κ2) is 6.19. The van der Waals surface area contributed by atoms with Crippen LogP contribution in [0.1, 0.15) is 39.7 Å². The second-order valence-electron chi connectivity index (χ2n) is 10.4. The van der Waals surface area contributed by atoms with E-state index in [0.29, 0.717) is 5.92 Å². The molecule has 4 nitrogen and oxygen atoms in total. The van der Waals surface area contributed by atoms with E-state index in [1.165, 1.54) is 16.3 Å². The molecular weight excluding hydrogens is 348 g/mol. The Balaban J connectivity index is 1.68. The van der Waals surface area contributed by atoms with Crippen LogP contribution in [0.3, 0.4) is 0 Å². The monoisotopic (exact) mass is 382 g/mol. The third kappa shape index (κ3) is 2.77. The Kier molecular flexibility index (Phi) is 4.07. The van der Waals surface area contributed by atoms with Crippen molar-refractivity contribution in [2.24, 2.45) is 5.92 Å². The Bertz CT molecular complexity index is 901. The van der Waals surface area contributed by atoms with E-state index >= 15 is 0 Å². The van der Waals surface area contributed by atoms with Crippen LogP contribution in [0.4, 0.5) is 0 Å². The molecule has 150 valence electrons. The van der Waals surface area contributed by atoms with E-state index in [-0.39, 0.29) is 16.8 Å². The van der Waals surface area contributed by atoms with Crippen LogP contribution in [0.2, 0.25) is 0 Å². The van der Waals surface area contributed by atoms with Gasteiger partial charge in [0, 0.05) is 5.56 Å². The van der Waals surface area contributed by atoms with Gasteiger partial charge in [-0.1, -0.05) is 30.3 Å². The molecule has 3 aliphatic rings. The first-order valence-electron chi connectivity index (χ1n) is 10.8. The molecule has 0 aliphatic carbocycles. The van der Waals surface area contributed by atoms with Crippen molar-refractivity contribution >= 4 is 10.8 Å². The lowest BCUT2D eigenvalue weighted by atomic mass is 9.64. The Hall–Kier alpha value is -1.62. The van der Waals surface area contributed by atoms with Crippen molar-refractivity contribution in [2.45, 2.75) is 57.3 Å². The third-order valence-corrected chi connectivity index (χ3v) is 7.33. The first-order chi connectivity index (χ1) is 13.3. The highest BCUT2D eigenvalue weighted by atomic mass is 16.5. The van der Waals surface area contributed by atoms with Crippen LogP contribution in [0.25, 0.3) is 10.8 Å². The molecule has 4 heteroatoms. The van der Waals surface area contributed by atoms with Gasteiger partial charge in [0.05, 0.1) is 19.6 Å². The Morgan fingerprint density at radius 1 is 1.00 bits per heavy atom. The van der Waals surface area contributed by atoms with Gasteiger partial charge in [0.1, 0.15) is 35.8 Å². The quantitative estimate of drug-likeness (QED) is 0.785. The van der Waals surface area contributed by atoms with Gasteiger partial charge in [-0.25, -0.2) is 0 Å². The second-order valence-corrected chi connectivity index (χ2v) is 10.4. The van der Waals surface area contributed by atoms with E-state index in [1.54, 1.807) is 4.90 Å². The van der Waals surface area contributed by atoms with Gasteiger partial charge in [-0.15, -0.1) is 0 Å². The predicted octanol–water partition coefficient (Wildman–Crippen LogP) is 1.53. The van der Waals surface area contributed by atoms with Crippen molar-refractivity contribution in [1.82, 2.24) is 0 Å². The molecule has 2 aromatic carbocycles. The summed E-state index contributed by atoms with van der Waals surface area (Å²) >= 11 is 0. The molecule has 3 heterocycles. The number of piperidine rings is 1. The molecule has 2 aromatic rings. The Morgan fingerprint density at radius 3 is 2.54 bits per heavy atom. The number of benzene rings is 2. The summed E-state index contributed by atoms with van der Waals surface area (Å²) in [5.41, 5.74) is 1.48. The zero-order valence-electron chi connectivity index (χ0n) is 17.7. The average Bonchev–Trinajstić information content (AvgIpc) is 2.66. The number of hydrogen-bond donors (Lipinski definition) is 2. The summed E-state index contributed by atoms with van der Waals surface area (Å²) in [6, 6.07) is 13.2. The maximum atomic E-state index is 7.13. The fourth-order valence-corrected chi connectivity index (χ4v) is 6.60. The van der Waals surface area contributed by atoms with E-state index in [2.05, 4.69) is 69.4 Å². The number of nitrogens with two attached hydrogens (primary N) is 1. The minimum atomic E-state index is -0.180. The average molecular weight is 383 g/mol. The topological polar surface area (TPSA) is 39.5 Å². The fraction of sp³-hybridized carbons (Fsp3) is 0.583. The largest absolute Gasteiger partial charge is 0.439 e. The fourth-order valence-electron chi connectivity index (χ4n) is 6.60. The SMILES string of the molecule is CC1(C)C[C@@]2([NH+]3CCOCC3)Oc3ccc4ccccc4c3C[C@H]2C(C)(C)[NH2+]1. The Morgan fingerprint density at radius 2 is 1.75 bits per heavy atom. The van der Waals surface area contributed by atoms with Gasteiger partial charge >= 0.3 is 0 Å². The van der Waals surface area contributed by atoms with Crippen LogP contribution in [-0.4, -0.2) is 43.1 Å². The van der Waals surface area contributed by atoms with Crippen molar-refractivity contribution in [1.29, 1.82) is 0 Å². The van der Waals surface area contributed by atoms with Crippen molar-refractivity contribution in [2.75, 3.05) is 26.3 Å². The smallest absolute Gasteiger partial charge is 0.257 e. The van der Waals surface area contributed by atoms with Gasteiger partial charge < -0.3 is 14.8 Å². The summed E-state index contributed by atoms with van der Waals surface area (Å²) in [6.07, 6.45) is 2.15. The molecule has 5 rings (SSSR count). The molecule has 0 spiro atoms. The number of morpholine rings is 1. The molecule has 0 bridgehead atoms. The molecule has 0 radical (unpaired) electrons. The van der Waals surface area contributed by atoms with Crippen LogP contribution < -0.4 is 15.0 Å². The first kappa shape index (κ1) is 18.4. The highest BCUT2D eigenvalue weighted by Gasteiger charge is 2.66. The maximum Gasteiger partial charge on any atom is 0.257 e. The molecule has 3 N–H and O–H groups in total. The lowest BCUT2D eigenvalue weighted by Gasteiger charge is -2.58. The van der Waals surface area contributed by atoms with Gasteiger partial charge in [-0.3, -0.25) is 4.90 Å². The first-order valence-corrected chi connectivity index (χ1v) is 10.8. The normalized spacial score (nSPS) is 31.6. The van der Waals surface area contributed by atoms with E-state index in [1.807, 2.05) is 0 Å². The zero-order valence-corrected chi connectivity index (χ0v) is 17.7. The molecular formula is C24H34N2O2+2. The number of fused-ring (bicyclic) bond motifs is 4. The van der Waals surface area contributed by atoms with Crippen LogP contribution in [-0.2, 0) is 11.2 Å². The Labute approximate surface area is 168 Å². The highest BCUT2D eigenvalue weighted by molar-refractivity contribution is 5.88. The van der Waals surface area contributed by atoms with Gasteiger partial charge in [-0.05, 0) is 51.0 Å². The summed E-state index contributed by atoms with van der Waals surface area (Å²) in [6.45, 7) is 13.3. The van der Waals surface area contributed by atoms with E-state index in [4.69, 9.17) is 9.47 Å². The number of rotatable bonds is 1. The third-order valence-electron chi connectivity index (χ3n) is 7.33. The summed E-state index contributed by atoms with van der Waals surface area (Å²) in [5.74, 6) is 1.56. The predicted molar refractivity (Wildman–Crippen MR) is 111 cm³/mol. The molecule has 2 fully saturated rings. The molecule has 0 aromatic heterocycles. The van der Waals surface area contributed by atoms with Gasteiger partial charge in [0.2, 0.25) is 0 Å². The van der Waals surface area contributed by atoms with Gasteiger partial charge in [0.15, 0.2) is 0 Å². The van der Waals surface area contributed by atoms with Crippen molar-refractivity contribution in [3.8, 4) is 5.75 Å². The summed E-state index contributed by atoms with van der Waals surface area (Å²) in [5, 5.41) is 5.27. The molecule has 28 heavy (non-hydrogen) atoms. The summed E-state index contributed by atoms with van der Waals surface area (Å²) in [4.78, 5) is 1.58. The summed E-state index contributed by atoms with van der Waals surface area (Å²) in [7, 11) is 0. The van der Waals surface area contributed by atoms with Gasteiger partial charge in [0.25, 0.3) is 5.72 Å². The van der Waals surface area contributed by atoms with Crippen molar-refractivity contribution in [3.63, 3.8) is 0 Å². The molecule has 2 atom stereocenters. The van der Waals surface area contributed by atoms with Crippen LogP contribution in [0.15, 0.2) is 36.4 Å². The van der Waals surface area contributed by atoms with Crippen LogP contribution in [0.5, 0.6) is 5.75 Å². The van der Waals surface area contributed by atoms with E-state index < -0.39 is 0 Å². The molecule has 0 saturated carbocycles. The highest BCUT2D eigenvalue weighted by Crippen LogP contribution is 2.46. The van der Waals surface area contributed by atoms with Crippen molar-refractivity contribution in [3.05, 3.63) is 42.0 Å². The minimum absolute atomic E-state index is 0.113. The molecule has 2 saturated heterocycles. The standard InChI is InChI=1S/C24H32N2O2/c1-22(2)16-24(26-11-13-27-14-12-26)21(23(3,4)25-22)15-19-18-8-6-5-7-17(18)9-10-20(19)28-24/h5-10,21,25H,11-16H2,1-4H3/p+2/t21-,24+/m0/s1. The number of quaternary nitrogens is 2. The zero-order chi connectivity index (χ0) is 19.6. The van der Waals surface area contributed by atoms with Crippen LogP contribution >= 0.6 is 0 Å². The summed E-state index contributed by atoms with van der Waals surface area (Å²) < 4.78 is 12.8. The molecule has 0 unspecified atom stereocenters. The van der Waals surface area contributed by atoms with E-state index in [9.17, 15) is 0 Å². The number of ether oxygens (including phenoxy) is 2. The van der Waals surface area contributed by atoms with Gasteiger partial charge in [-0.2, -0.15) is 0 Å². The number of nitrogens with one attached hydrogen (secondary N) is 1. The van der Waals surface area contributed by atoms with Crippen LogP contribution in [0, 0.1) is 5.92 Å². The lowest BCUT2D eigenvalue weighted by molar-refractivity contribution is -1.00. The molecule has 3 aliphatic heterocycles. The lowest BCUT2D eigenvalue weighted by Crippen LogP contribution is -3.28. The maximum absolute atomic E-state index is 7.13. The van der Waals surface area contributed by atoms with Crippen molar-refractivity contribution < 1.29 is 19.7 Å². The van der Waals surface area contributed by atoms with E-state index in [0.717, 1.165) is 44.9 Å². The molecule has 0 amide bonds. The number of hydrogen-bond acceptors (Lipinski definition) is 2. The minimum Gasteiger partial charge on any atom is -0.439 e.